The van der Waals surface area contributed by atoms with Crippen LogP contribution in [0.15, 0.2) is 24.3 Å². The van der Waals surface area contributed by atoms with Gasteiger partial charge < -0.3 is 11.1 Å². The van der Waals surface area contributed by atoms with E-state index in [0.717, 1.165) is 42.6 Å². The third kappa shape index (κ3) is 4.12. The highest BCUT2D eigenvalue weighted by Crippen LogP contribution is 2.24. The third-order valence-corrected chi connectivity index (χ3v) is 5.38. The summed E-state index contributed by atoms with van der Waals surface area (Å²) in [4.78, 5) is 15.5. The van der Waals surface area contributed by atoms with Gasteiger partial charge in [0.25, 0.3) is 0 Å². The van der Waals surface area contributed by atoms with E-state index in [-0.39, 0.29) is 18.2 Å². The Hall–Kier alpha value is -2.87. The van der Waals surface area contributed by atoms with Crippen molar-refractivity contribution in [3.63, 3.8) is 0 Å². The molecule has 0 atom stereocenters. The maximum Gasteiger partial charge on any atom is 0.226 e. The van der Waals surface area contributed by atoms with Crippen molar-refractivity contribution >= 4 is 22.8 Å². The Labute approximate surface area is 168 Å². The van der Waals surface area contributed by atoms with Gasteiger partial charge in [0.05, 0.1) is 5.39 Å². The molecule has 0 unspecified atom stereocenters. The van der Waals surface area contributed by atoms with Gasteiger partial charge in [0.1, 0.15) is 17.5 Å². The van der Waals surface area contributed by atoms with Crippen molar-refractivity contribution in [1.29, 1.82) is 0 Å². The number of piperidine rings is 1. The summed E-state index contributed by atoms with van der Waals surface area (Å²) in [7, 11) is 0. The van der Waals surface area contributed by atoms with Crippen LogP contribution in [-0.2, 0) is 6.54 Å². The van der Waals surface area contributed by atoms with Gasteiger partial charge in [-0.25, -0.2) is 13.8 Å². The van der Waals surface area contributed by atoms with Crippen molar-refractivity contribution in [1.82, 2.24) is 19.9 Å². The average molecular weight is 398 g/mol. The number of nitrogen functional groups attached to an aromatic ring is 1. The average Bonchev–Trinajstić information content (AvgIpc) is 2.65. The summed E-state index contributed by atoms with van der Waals surface area (Å²) >= 11 is 0. The van der Waals surface area contributed by atoms with Gasteiger partial charge in [-0.3, -0.25) is 4.90 Å². The van der Waals surface area contributed by atoms with E-state index in [2.05, 4.69) is 25.2 Å². The van der Waals surface area contributed by atoms with E-state index >= 15 is 0 Å². The lowest BCUT2D eigenvalue weighted by molar-refractivity contribution is 0.206. The number of pyridine rings is 1. The molecule has 2 aromatic heterocycles. The number of halogens is 2. The predicted octanol–water partition coefficient (Wildman–Crippen LogP) is 3.58. The monoisotopic (exact) mass is 398 g/mol. The topological polar surface area (TPSA) is 80.0 Å². The van der Waals surface area contributed by atoms with Crippen LogP contribution >= 0.6 is 0 Å². The number of aromatic nitrogens is 3. The number of nitrogens with zero attached hydrogens (tertiary/aromatic N) is 4. The van der Waals surface area contributed by atoms with Crippen LogP contribution in [0.5, 0.6) is 0 Å². The molecule has 29 heavy (non-hydrogen) atoms. The van der Waals surface area contributed by atoms with Gasteiger partial charge in [0.15, 0.2) is 5.65 Å². The maximum absolute atomic E-state index is 13.9. The predicted molar refractivity (Wildman–Crippen MR) is 109 cm³/mol. The second-order valence-corrected chi connectivity index (χ2v) is 7.61. The summed E-state index contributed by atoms with van der Waals surface area (Å²) < 4.78 is 27.8. The molecule has 0 spiro atoms. The molecule has 152 valence electrons. The van der Waals surface area contributed by atoms with Crippen LogP contribution in [0, 0.1) is 25.5 Å². The van der Waals surface area contributed by atoms with Crippen LogP contribution in [0.25, 0.3) is 11.0 Å². The molecule has 1 aliphatic heterocycles. The van der Waals surface area contributed by atoms with Gasteiger partial charge >= 0.3 is 0 Å². The van der Waals surface area contributed by atoms with E-state index in [9.17, 15) is 8.78 Å². The molecular formula is C21H24F2N6. The Morgan fingerprint density at radius 3 is 2.48 bits per heavy atom. The van der Waals surface area contributed by atoms with Crippen molar-refractivity contribution in [2.75, 3.05) is 24.1 Å². The summed E-state index contributed by atoms with van der Waals surface area (Å²) in [6, 6.07) is 6.11. The maximum atomic E-state index is 13.9. The molecule has 0 saturated carbocycles. The summed E-state index contributed by atoms with van der Waals surface area (Å²) in [6.07, 6.45) is 1.63. The number of fused-ring (bicyclic) bond motifs is 1. The van der Waals surface area contributed by atoms with E-state index < -0.39 is 11.6 Å². The molecule has 3 N–H and O–H groups in total. The molecule has 6 nitrogen and oxygen atoms in total. The van der Waals surface area contributed by atoms with Crippen LogP contribution in [-0.4, -0.2) is 39.0 Å². The van der Waals surface area contributed by atoms with E-state index in [1.807, 2.05) is 19.9 Å². The van der Waals surface area contributed by atoms with Gasteiger partial charge in [0.2, 0.25) is 5.95 Å². The number of benzene rings is 1. The zero-order chi connectivity index (χ0) is 20.5. The molecule has 3 aromatic rings. The first-order chi connectivity index (χ1) is 13.9. The molecule has 1 fully saturated rings. The molecule has 0 radical (unpaired) electrons. The van der Waals surface area contributed by atoms with Crippen molar-refractivity contribution in [3.8, 4) is 0 Å². The fraction of sp³-hybridized carbons (Fsp3) is 0.381. The highest BCUT2D eigenvalue weighted by atomic mass is 19.1. The fourth-order valence-electron chi connectivity index (χ4n) is 3.90. The Balaban J connectivity index is 1.42. The number of nitrogens with two attached hydrogens (primary N) is 1. The highest BCUT2D eigenvalue weighted by molar-refractivity contribution is 5.89. The Bertz CT molecular complexity index is 1030. The van der Waals surface area contributed by atoms with Crippen molar-refractivity contribution in [2.24, 2.45) is 0 Å². The van der Waals surface area contributed by atoms with Crippen LogP contribution in [0.2, 0.25) is 0 Å². The molecule has 0 amide bonds. The number of hydrogen-bond donors (Lipinski definition) is 2. The molecule has 4 rings (SSSR count). The second kappa shape index (κ2) is 7.87. The first-order valence-corrected chi connectivity index (χ1v) is 9.74. The normalized spacial score (nSPS) is 15.7. The quantitative estimate of drug-likeness (QED) is 0.699. The third-order valence-electron chi connectivity index (χ3n) is 5.38. The van der Waals surface area contributed by atoms with Crippen LogP contribution < -0.4 is 11.1 Å². The largest absolute Gasteiger partial charge is 0.383 e. The Morgan fingerprint density at radius 1 is 1.10 bits per heavy atom. The zero-order valence-electron chi connectivity index (χ0n) is 16.5. The number of anilines is 2. The SMILES string of the molecule is Cc1cc(C)c2c(N)nc(NC3CCN(Cc4c(F)cccc4F)CC3)nc2n1. The molecule has 0 aliphatic carbocycles. The summed E-state index contributed by atoms with van der Waals surface area (Å²) in [5, 5.41) is 4.12. The minimum atomic E-state index is -0.497. The second-order valence-electron chi connectivity index (χ2n) is 7.61. The Kier molecular flexibility index (Phi) is 5.27. The number of likely N-dealkylation sites (tertiary alicyclic amines) is 1. The number of nitrogens with one attached hydrogen (secondary N) is 1. The minimum absolute atomic E-state index is 0.126. The molecule has 0 bridgehead atoms. The molecular weight excluding hydrogens is 374 g/mol. The van der Waals surface area contributed by atoms with Gasteiger partial charge in [-0.1, -0.05) is 6.07 Å². The zero-order valence-corrected chi connectivity index (χ0v) is 16.5. The highest BCUT2D eigenvalue weighted by Gasteiger charge is 2.22. The number of aryl methyl sites for hydroxylation is 2. The Morgan fingerprint density at radius 2 is 1.79 bits per heavy atom. The fourth-order valence-corrected chi connectivity index (χ4v) is 3.90. The summed E-state index contributed by atoms with van der Waals surface area (Å²) in [6.45, 7) is 5.62. The number of rotatable bonds is 4. The molecule has 3 heterocycles. The van der Waals surface area contributed by atoms with Crippen LogP contribution in [0.4, 0.5) is 20.5 Å². The van der Waals surface area contributed by atoms with Crippen LogP contribution in [0.3, 0.4) is 0 Å². The van der Waals surface area contributed by atoms with E-state index in [1.54, 1.807) is 0 Å². The van der Waals surface area contributed by atoms with Crippen LogP contribution in [0.1, 0.15) is 29.7 Å². The van der Waals surface area contributed by atoms with Crippen molar-refractivity contribution in [3.05, 3.63) is 52.7 Å². The minimum Gasteiger partial charge on any atom is -0.383 e. The van der Waals surface area contributed by atoms with Crippen molar-refractivity contribution < 1.29 is 8.78 Å². The molecule has 8 heteroatoms. The van der Waals surface area contributed by atoms with Gasteiger partial charge in [-0.15, -0.1) is 0 Å². The lowest BCUT2D eigenvalue weighted by Gasteiger charge is -2.32. The van der Waals surface area contributed by atoms with Gasteiger partial charge in [-0.05, 0) is 50.5 Å². The van der Waals surface area contributed by atoms with Gasteiger partial charge in [-0.2, -0.15) is 9.97 Å². The first kappa shape index (κ1) is 19.4. The van der Waals surface area contributed by atoms with Crippen molar-refractivity contribution in [2.45, 2.75) is 39.3 Å². The van der Waals surface area contributed by atoms with E-state index in [1.165, 1.54) is 18.2 Å². The summed E-state index contributed by atoms with van der Waals surface area (Å²) in [5.41, 5.74) is 8.74. The van der Waals surface area contributed by atoms with Gasteiger partial charge in [0, 0.05) is 36.9 Å². The molecule has 1 aliphatic rings. The lowest BCUT2D eigenvalue weighted by atomic mass is 10.0. The lowest BCUT2D eigenvalue weighted by Crippen LogP contribution is -2.39. The molecule has 1 saturated heterocycles. The standard InChI is InChI=1S/C21H24F2N6/c1-12-10-13(2)25-20-18(12)19(24)27-21(28-20)26-14-6-8-29(9-7-14)11-15-16(22)4-3-5-17(15)23/h3-5,10,14H,6-9,11H2,1-2H3,(H3,24,25,26,27,28). The first-order valence-electron chi connectivity index (χ1n) is 9.74. The summed E-state index contributed by atoms with van der Waals surface area (Å²) in [5.74, 6) is -0.118. The van der Waals surface area contributed by atoms with E-state index in [0.29, 0.717) is 17.4 Å². The number of hydrogen-bond acceptors (Lipinski definition) is 6. The van der Waals surface area contributed by atoms with E-state index in [4.69, 9.17) is 5.73 Å². The smallest absolute Gasteiger partial charge is 0.226 e. The molecule has 1 aromatic carbocycles.